The predicted octanol–water partition coefficient (Wildman–Crippen LogP) is 3.97. The molecule has 2 aromatic carbocycles. The first-order valence-corrected chi connectivity index (χ1v) is 11.0. The molecule has 1 unspecified atom stereocenters. The molecule has 5 rings (SSSR count). The molecule has 1 fully saturated rings. The van der Waals surface area contributed by atoms with Crippen LogP contribution in [0.2, 0.25) is 0 Å². The zero-order valence-corrected chi connectivity index (χ0v) is 18.1. The molecule has 2 aromatic heterocycles. The van der Waals surface area contributed by atoms with Gasteiger partial charge in [0.25, 0.3) is 0 Å². The summed E-state index contributed by atoms with van der Waals surface area (Å²) in [7, 11) is 0. The van der Waals surface area contributed by atoms with Gasteiger partial charge in [-0.15, -0.1) is 0 Å². The van der Waals surface area contributed by atoms with Crippen LogP contribution >= 0.6 is 0 Å². The van der Waals surface area contributed by atoms with Gasteiger partial charge in [0.2, 0.25) is 5.91 Å². The van der Waals surface area contributed by atoms with E-state index in [0.29, 0.717) is 6.54 Å². The highest BCUT2D eigenvalue weighted by molar-refractivity contribution is 5.93. The number of hydrogen-bond acceptors (Lipinski definition) is 5. The van der Waals surface area contributed by atoms with E-state index in [-0.39, 0.29) is 11.8 Å². The van der Waals surface area contributed by atoms with Crippen molar-refractivity contribution >= 4 is 22.6 Å². The zero-order valence-electron chi connectivity index (χ0n) is 18.1. The van der Waals surface area contributed by atoms with Crippen molar-refractivity contribution in [3.8, 4) is 5.69 Å². The molecule has 1 N–H and O–H groups in total. The second-order valence-electron chi connectivity index (χ2n) is 8.31. The molecule has 0 aliphatic carbocycles. The quantitative estimate of drug-likeness (QED) is 0.523. The Bertz CT molecular complexity index is 1240. The lowest BCUT2D eigenvalue weighted by atomic mass is 9.96. The predicted molar refractivity (Wildman–Crippen MR) is 124 cm³/mol. The van der Waals surface area contributed by atoms with Crippen LogP contribution in [0.15, 0.2) is 67.0 Å². The number of carbonyl (C=O) groups is 1. The zero-order chi connectivity index (χ0) is 21.9. The molecule has 7 heteroatoms. The van der Waals surface area contributed by atoms with Crippen molar-refractivity contribution in [2.75, 3.05) is 18.4 Å². The van der Waals surface area contributed by atoms with Gasteiger partial charge >= 0.3 is 0 Å². The molecule has 162 valence electrons. The summed E-state index contributed by atoms with van der Waals surface area (Å²) in [5, 5.41) is 7.36. The van der Waals surface area contributed by atoms with Gasteiger partial charge in [0.05, 0.1) is 34.0 Å². The van der Waals surface area contributed by atoms with Crippen LogP contribution in [0, 0.1) is 12.8 Å². The fraction of sp³-hybridized carbons (Fsp3) is 0.280. The first-order valence-electron chi connectivity index (χ1n) is 11.0. The number of piperidine rings is 1. The molecular weight excluding hydrogens is 400 g/mol. The van der Waals surface area contributed by atoms with E-state index in [9.17, 15) is 4.79 Å². The van der Waals surface area contributed by atoms with Crippen molar-refractivity contribution in [3.05, 3.63) is 78.4 Å². The van der Waals surface area contributed by atoms with Crippen LogP contribution in [-0.2, 0) is 11.3 Å². The molecule has 0 radical (unpaired) electrons. The van der Waals surface area contributed by atoms with Crippen molar-refractivity contribution in [1.82, 2.24) is 24.6 Å². The van der Waals surface area contributed by atoms with Gasteiger partial charge in [0.1, 0.15) is 0 Å². The lowest BCUT2D eigenvalue weighted by Gasteiger charge is -2.32. The Morgan fingerprint density at radius 3 is 2.75 bits per heavy atom. The SMILES string of the molecule is Cc1nc2ccccc2nc1CN1CCCC(C(=O)Nc2cccc(-n3cccn3)c2)C1. The second kappa shape index (κ2) is 8.88. The maximum atomic E-state index is 13.0. The van der Waals surface area contributed by atoms with Gasteiger partial charge in [-0.25, -0.2) is 14.6 Å². The molecule has 32 heavy (non-hydrogen) atoms. The number of nitrogens with zero attached hydrogens (tertiary/aromatic N) is 5. The molecule has 7 nitrogen and oxygen atoms in total. The van der Waals surface area contributed by atoms with Crippen LogP contribution in [0.3, 0.4) is 0 Å². The number of hydrogen-bond donors (Lipinski definition) is 1. The average Bonchev–Trinajstić information content (AvgIpc) is 3.35. The first kappa shape index (κ1) is 20.3. The van der Waals surface area contributed by atoms with Crippen LogP contribution < -0.4 is 5.32 Å². The summed E-state index contributed by atoms with van der Waals surface area (Å²) in [5.74, 6) is 0.0134. The largest absolute Gasteiger partial charge is 0.326 e. The summed E-state index contributed by atoms with van der Waals surface area (Å²) >= 11 is 0. The highest BCUT2D eigenvalue weighted by Gasteiger charge is 2.26. The number of para-hydroxylation sites is 2. The van der Waals surface area contributed by atoms with Crippen LogP contribution in [-0.4, -0.2) is 43.6 Å². The third-order valence-electron chi connectivity index (χ3n) is 5.98. The van der Waals surface area contributed by atoms with Gasteiger partial charge in [-0.1, -0.05) is 18.2 Å². The summed E-state index contributed by atoms with van der Waals surface area (Å²) in [5.41, 5.74) is 5.47. The molecule has 0 spiro atoms. The number of likely N-dealkylation sites (tertiary alicyclic amines) is 1. The highest BCUT2D eigenvalue weighted by Crippen LogP contribution is 2.22. The topological polar surface area (TPSA) is 75.9 Å². The number of nitrogens with one attached hydrogen (secondary N) is 1. The Kier molecular flexibility index (Phi) is 5.64. The lowest BCUT2D eigenvalue weighted by molar-refractivity contribution is -0.121. The molecule has 1 atom stereocenters. The molecule has 1 aliphatic rings. The number of rotatable bonds is 5. The molecule has 4 aromatic rings. The minimum Gasteiger partial charge on any atom is -0.326 e. The van der Waals surface area contributed by atoms with Gasteiger partial charge in [-0.3, -0.25) is 9.69 Å². The summed E-state index contributed by atoms with van der Waals surface area (Å²) in [6.07, 6.45) is 5.51. The Balaban J connectivity index is 1.26. The summed E-state index contributed by atoms with van der Waals surface area (Å²) in [4.78, 5) is 24.9. The number of fused-ring (bicyclic) bond motifs is 1. The monoisotopic (exact) mass is 426 g/mol. The minimum absolute atomic E-state index is 0.0502. The van der Waals surface area contributed by atoms with E-state index in [1.807, 2.05) is 67.7 Å². The van der Waals surface area contributed by atoms with E-state index in [4.69, 9.17) is 9.97 Å². The highest BCUT2D eigenvalue weighted by atomic mass is 16.1. The maximum absolute atomic E-state index is 13.0. The van der Waals surface area contributed by atoms with Gasteiger partial charge in [0.15, 0.2) is 0 Å². The van der Waals surface area contributed by atoms with Gasteiger partial charge in [-0.2, -0.15) is 5.10 Å². The first-order chi connectivity index (χ1) is 15.7. The van der Waals surface area contributed by atoms with Crippen molar-refractivity contribution in [2.45, 2.75) is 26.3 Å². The summed E-state index contributed by atoms with van der Waals surface area (Å²) in [6.45, 7) is 4.41. The molecule has 1 aliphatic heterocycles. The Morgan fingerprint density at radius 2 is 1.94 bits per heavy atom. The number of aromatic nitrogens is 4. The van der Waals surface area contributed by atoms with E-state index in [0.717, 1.165) is 59.7 Å². The lowest BCUT2D eigenvalue weighted by Crippen LogP contribution is -2.40. The molecular formula is C25H26N6O. The van der Waals surface area contributed by atoms with E-state index < -0.39 is 0 Å². The van der Waals surface area contributed by atoms with Crippen LogP contribution in [0.25, 0.3) is 16.7 Å². The number of benzene rings is 2. The Hall–Kier alpha value is -3.58. The van der Waals surface area contributed by atoms with Crippen LogP contribution in [0.5, 0.6) is 0 Å². The normalized spacial score (nSPS) is 16.8. The van der Waals surface area contributed by atoms with E-state index in [2.05, 4.69) is 15.3 Å². The number of aryl methyl sites for hydroxylation is 1. The smallest absolute Gasteiger partial charge is 0.228 e. The fourth-order valence-corrected chi connectivity index (χ4v) is 4.29. The number of carbonyl (C=O) groups excluding carboxylic acids is 1. The van der Waals surface area contributed by atoms with Crippen molar-refractivity contribution in [3.63, 3.8) is 0 Å². The average molecular weight is 427 g/mol. The standard InChI is InChI=1S/C25H26N6O/c1-18-24(29-23-11-3-2-10-22(23)27-18)17-30-13-5-7-19(16-30)25(32)28-20-8-4-9-21(15-20)31-14-6-12-26-31/h2-4,6,8-12,14-15,19H,5,7,13,16-17H2,1H3,(H,28,32). The van der Waals surface area contributed by atoms with E-state index in [1.54, 1.807) is 10.9 Å². The fourth-order valence-electron chi connectivity index (χ4n) is 4.29. The molecule has 1 amide bonds. The molecule has 0 bridgehead atoms. The van der Waals surface area contributed by atoms with Crippen molar-refractivity contribution in [1.29, 1.82) is 0 Å². The van der Waals surface area contributed by atoms with Crippen LogP contribution in [0.4, 0.5) is 5.69 Å². The van der Waals surface area contributed by atoms with Crippen LogP contribution in [0.1, 0.15) is 24.2 Å². The Morgan fingerprint density at radius 1 is 1.09 bits per heavy atom. The molecule has 1 saturated heterocycles. The maximum Gasteiger partial charge on any atom is 0.228 e. The summed E-state index contributed by atoms with van der Waals surface area (Å²) < 4.78 is 1.78. The molecule has 3 heterocycles. The third kappa shape index (κ3) is 4.38. The third-order valence-corrected chi connectivity index (χ3v) is 5.98. The number of anilines is 1. The van der Waals surface area contributed by atoms with Crippen molar-refractivity contribution < 1.29 is 4.79 Å². The van der Waals surface area contributed by atoms with Gasteiger partial charge in [-0.05, 0) is 62.7 Å². The van der Waals surface area contributed by atoms with E-state index in [1.165, 1.54) is 0 Å². The van der Waals surface area contributed by atoms with E-state index >= 15 is 0 Å². The molecule has 0 saturated carbocycles. The number of amides is 1. The van der Waals surface area contributed by atoms with Crippen molar-refractivity contribution in [2.24, 2.45) is 5.92 Å². The Labute approximate surface area is 187 Å². The second-order valence-corrected chi connectivity index (χ2v) is 8.31. The van der Waals surface area contributed by atoms with Gasteiger partial charge < -0.3 is 5.32 Å². The minimum atomic E-state index is -0.0502. The van der Waals surface area contributed by atoms with Gasteiger partial charge in [0, 0.05) is 31.2 Å². The summed E-state index contributed by atoms with van der Waals surface area (Å²) in [6, 6.07) is 17.6.